The fraction of sp³-hybridized carbons (Fsp3) is 0. The fourth-order valence-corrected chi connectivity index (χ4v) is 2.15. The molecule has 0 aliphatic heterocycles. The predicted molar refractivity (Wildman–Crippen MR) is 86.1 cm³/mol. The van der Waals surface area contributed by atoms with E-state index in [1.165, 1.54) is 12.1 Å². The number of nitro groups is 1. The van der Waals surface area contributed by atoms with E-state index in [1.807, 2.05) is 42.5 Å². The highest BCUT2D eigenvalue weighted by atomic mass is 16.6. The van der Waals surface area contributed by atoms with E-state index in [1.54, 1.807) is 18.3 Å². The Kier molecular flexibility index (Phi) is 3.78. The Hall–Kier alpha value is -3.21. The molecule has 0 bridgehead atoms. The summed E-state index contributed by atoms with van der Waals surface area (Å²) in [4.78, 5) is 14.7. The van der Waals surface area contributed by atoms with Crippen LogP contribution in [0.25, 0.3) is 11.3 Å². The molecule has 0 aliphatic carbocycles. The third-order valence-electron chi connectivity index (χ3n) is 3.21. The molecule has 0 unspecified atom stereocenters. The lowest BCUT2D eigenvalue weighted by Gasteiger charge is -2.11. The Morgan fingerprint density at radius 1 is 0.909 bits per heavy atom. The quantitative estimate of drug-likeness (QED) is 0.571. The standard InChI is InChI=1S/C17H13N3O2/c21-20(22)15-10-8-14(9-11-15)19-16-7-4-12-18-17(16)13-5-2-1-3-6-13/h1-12,19H. The van der Waals surface area contributed by atoms with Crippen molar-refractivity contribution in [3.63, 3.8) is 0 Å². The lowest BCUT2D eigenvalue weighted by molar-refractivity contribution is -0.384. The van der Waals surface area contributed by atoms with Gasteiger partial charge in [0.05, 0.1) is 16.3 Å². The number of hydrogen-bond acceptors (Lipinski definition) is 4. The molecule has 0 fully saturated rings. The van der Waals surface area contributed by atoms with Gasteiger partial charge in [0.25, 0.3) is 5.69 Å². The van der Waals surface area contributed by atoms with Gasteiger partial charge in [0.2, 0.25) is 0 Å². The molecule has 2 aromatic carbocycles. The number of rotatable bonds is 4. The smallest absolute Gasteiger partial charge is 0.269 e. The molecule has 5 nitrogen and oxygen atoms in total. The molecule has 1 aromatic heterocycles. The zero-order valence-electron chi connectivity index (χ0n) is 11.6. The lowest BCUT2D eigenvalue weighted by Crippen LogP contribution is -1.95. The molecule has 22 heavy (non-hydrogen) atoms. The van der Waals surface area contributed by atoms with Gasteiger partial charge in [-0.25, -0.2) is 0 Å². The van der Waals surface area contributed by atoms with Crippen molar-refractivity contribution in [3.8, 4) is 11.3 Å². The van der Waals surface area contributed by atoms with Crippen molar-refractivity contribution < 1.29 is 4.92 Å². The number of aromatic nitrogens is 1. The third kappa shape index (κ3) is 2.93. The number of hydrogen-bond donors (Lipinski definition) is 1. The fourth-order valence-electron chi connectivity index (χ4n) is 2.15. The van der Waals surface area contributed by atoms with Crippen LogP contribution >= 0.6 is 0 Å². The predicted octanol–water partition coefficient (Wildman–Crippen LogP) is 4.40. The second-order valence-corrected chi connectivity index (χ2v) is 4.69. The van der Waals surface area contributed by atoms with Crippen molar-refractivity contribution >= 4 is 17.1 Å². The molecule has 5 heteroatoms. The van der Waals surface area contributed by atoms with Crippen molar-refractivity contribution in [2.75, 3.05) is 5.32 Å². The van der Waals surface area contributed by atoms with Crippen LogP contribution in [0.5, 0.6) is 0 Å². The maximum atomic E-state index is 10.7. The third-order valence-corrected chi connectivity index (χ3v) is 3.21. The molecule has 1 heterocycles. The van der Waals surface area contributed by atoms with Crippen molar-refractivity contribution in [1.82, 2.24) is 4.98 Å². The first-order chi connectivity index (χ1) is 10.7. The van der Waals surface area contributed by atoms with Gasteiger partial charge in [0, 0.05) is 29.6 Å². The van der Waals surface area contributed by atoms with Crippen molar-refractivity contribution in [2.45, 2.75) is 0 Å². The minimum Gasteiger partial charge on any atom is -0.354 e. The van der Waals surface area contributed by atoms with Crippen LogP contribution in [0.2, 0.25) is 0 Å². The van der Waals surface area contributed by atoms with Gasteiger partial charge in [0.15, 0.2) is 0 Å². The summed E-state index contributed by atoms with van der Waals surface area (Å²) in [6.07, 6.45) is 1.74. The Morgan fingerprint density at radius 2 is 1.64 bits per heavy atom. The number of benzene rings is 2. The summed E-state index contributed by atoms with van der Waals surface area (Å²) in [7, 11) is 0. The van der Waals surface area contributed by atoms with Gasteiger partial charge in [-0.1, -0.05) is 30.3 Å². The van der Waals surface area contributed by atoms with Crippen molar-refractivity contribution in [3.05, 3.63) is 83.0 Å². The van der Waals surface area contributed by atoms with Crippen LogP contribution in [0.15, 0.2) is 72.9 Å². The molecule has 108 valence electrons. The van der Waals surface area contributed by atoms with Gasteiger partial charge in [-0.15, -0.1) is 0 Å². The van der Waals surface area contributed by atoms with Crippen molar-refractivity contribution in [1.29, 1.82) is 0 Å². The number of nitrogens with zero attached hydrogens (tertiary/aromatic N) is 2. The normalized spacial score (nSPS) is 10.2. The summed E-state index contributed by atoms with van der Waals surface area (Å²) in [5.74, 6) is 0. The summed E-state index contributed by atoms with van der Waals surface area (Å²) in [6, 6.07) is 19.9. The second kappa shape index (κ2) is 6.05. The molecule has 0 amide bonds. The van der Waals surface area contributed by atoms with E-state index in [9.17, 15) is 10.1 Å². The van der Waals surface area contributed by atoms with Crippen LogP contribution in [0.4, 0.5) is 17.1 Å². The molecule has 0 saturated heterocycles. The van der Waals surface area contributed by atoms with E-state index >= 15 is 0 Å². The molecule has 0 spiro atoms. The van der Waals surface area contributed by atoms with E-state index in [4.69, 9.17) is 0 Å². The number of nitro benzene ring substituents is 1. The first-order valence-corrected chi connectivity index (χ1v) is 6.76. The van der Waals surface area contributed by atoms with Gasteiger partial charge >= 0.3 is 0 Å². The highest BCUT2D eigenvalue weighted by molar-refractivity contribution is 5.77. The summed E-state index contributed by atoms with van der Waals surface area (Å²) < 4.78 is 0. The summed E-state index contributed by atoms with van der Waals surface area (Å²) >= 11 is 0. The van der Waals surface area contributed by atoms with E-state index in [0.717, 1.165) is 22.6 Å². The van der Waals surface area contributed by atoms with E-state index < -0.39 is 4.92 Å². The number of anilines is 2. The van der Waals surface area contributed by atoms with Crippen molar-refractivity contribution in [2.24, 2.45) is 0 Å². The molecular weight excluding hydrogens is 278 g/mol. The highest BCUT2D eigenvalue weighted by Crippen LogP contribution is 2.28. The van der Waals surface area contributed by atoms with Gasteiger partial charge in [-0.05, 0) is 24.3 Å². The van der Waals surface area contributed by atoms with E-state index in [2.05, 4.69) is 10.3 Å². The molecule has 3 aromatic rings. The summed E-state index contributed by atoms with van der Waals surface area (Å²) in [5.41, 5.74) is 3.53. The molecular formula is C17H13N3O2. The summed E-state index contributed by atoms with van der Waals surface area (Å²) in [5, 5.41) is 13.9. The van der Waals surface area contributed by atoms with Crippen LogP contribution in [-0.4, -0.2) is 9.91 Å². The SMILES string of the molecule is O=[N+]([O-])c1ccc(Nc2cccnc2-c2ccccc2)cc1. The van der Waals surface area contributed by atoms with Gasteiger partial charge in [0.1, 0.15) is 0 Å². The lowest BCUT2D eigenvalue weighted by atomic mass is 10.1. The second-order valence-electron chi connectivity index (χ2n) is 4.69. The average molecular weight is 291 g/mol. The molecule has 0 saturated carbocycles. The highest BCUT2D eigenvalue weighted by Gasteiger charge is 2.08. The minimum atomic E-state index is -0.413. The van der Waals surface area contributed by atoms with Crippen LogP contribution < -0.4 is 5.32 Å². The van der Waals surface area contributed by atoms with Gasteiger partial charge < -0.3 is 5.32 Å². The van der Waals surface area contributed by atoms with Gasteiger partial charge in [-0.3, -0.25) is 15.1 Å². The van der Waals surface area contributed by atoms with Crippen LogP contribution in [0, 0.1) is 10.1 Å². The van der Waals surface area contributed by atoms with Crippen LogP contribution in [0.3, 0.4) is 0 Å². The topological polar surface area (TPSA) is 68.1 Å². The zero-order chi connectivity index (χ0) is 15.4. The van der Waals surface area contributed by atoms with E-state index in [-0.39, 0.29) is 5.69 Å². The Labute approximate surface area is 127 Å². The number of nitrogens with one attached hydrogen (secondary N) is 1. The Balaban J connectivity index is 1.91. The number of non-ortho nitro benzene ring substituents is 1. The molecule has 0 radical (unpaired) electrons. The molecule has 0 aliphatic rings. The largest absolute Gasteiger partial charge is 0.354 e. The molecule has 3 rings (SSSR count). The number of pyridine rings is 1. The first-order valence-electron chi connectivity index (χ1n) is 6.76. The minimum absolute atomic E-state index is 0.0695. The van der Waals surface area contributed by atoms with Crippen LogP contribution in [0.1, 0.15) is 0 Å². The molecule has 0 atom stereocenters. The van der Waals surface area contributed by atoms with Gasteiger partial charge in [-0.2, -0.15) is 0 Å². The monoisotopic (exact) mass is 291 g/mol. The maximum absolute atomic E-state index is 10.7. The average Bonchev–Trinajstić information content (AvgIpc) is 2.57. The van der Waals surface area contributed by atoms with Crippen LogP contribution in [-0.2, 0) is 0 Å². The summed E-state index contributed by atoms with van der Waals surface area (Å²) in [6.45, 7) is 0. The van der Waals surface area contributed by atoms with E-state index in [0.29, 0.717) is 0 Å². The zero-order valence-corrected chi connectivity index (χ0v) is 11.6. The Bertz CT molecular complexity index is 787. The first kappa shape index (κ1) is 13.8. The maximum Gasteiger partial charge on any atom is 0.269 e. The molecule has 1 N–H and O–H groups in total. The Morgan fingerprint density at radius 3 is 2.32 bits per heavy atom.